The Morgan fingerprint density at radius 1 is 1.40 bits per heavy atom. The van der Waals surface area contributed by atoms with Gasteiger partial charge in [0.1, 0.15) is 6.29 Å². The Morgan fingerprint density at radius 2 is 2.10 bits per heavy atom. The van der Waals surface area contributed by atoms with E-state index in [1.165, 1.54) is 0 Å². The second-order valence-electron chi connectivity index (χ2n) is 2.18. The van der Waals surface area contributed by atoms with Gasteiger partial charge in [-0.05, 0) is 30.7 Å². The number of aryl methyl sites for hydroxylation is 1. The number of hydrogen-bond donors (Lipinski definition) is 0. The second kappa shape index (κ2) is 2.84. The Balaban J connectivity index is 3.18. The van der Waals surface area contributed by atoms with Crippen LogP contribution >= 0.6 is 11.6 Å². The summed E-state index contributed by atoms with van der Waals surface area (Å²) in [6, 6.07) is 5.25. The molecule has 0 aromatic heterocycles. The Hall–Kier alpha value is -0.820. The van der Waals surface area contributed by atoms with E-state index in [-0.39, 0.29) is 0 Å². The highest BCUT2D eigenvalue weighted by Gasteiger charge is 1.93. The number of rotatable bonds is 1. The van der Waals surface area contributed by atoms with E-state index in [4.69, 9.17) is 11.6 Å². The van der Waals surface area contributed by atoms with Crippen LogP contribution in [0.15, 0.2) is 18.2 Å². The lowest BCUT2D eigenvalue weighted by Gasteiger charge is -1.94. The van der Waals surface area contributed by atoms with Gasteiger partial charge in [0, 0.05) is 10.6 Å². The van der Waals surface area contributed by atoms with Crippen LogP contribution < -0.4 is 0 Å². The van der Waals surface area contributed by atoms with Gasteiger partial charge in [0.25, 0.3) is 0 Å². The standard InChI is InChI=1S/C8H7ClO/c1-6-2-7(5-10)4-8(9)3-6/h2-5H,1H3. The molecule has 1 rings (SSSR count). The molecule has 0 aliphatic heterocycles. The zero-order chi connectivity index (χ0) is 7.56. The molecule has 0 bridgehead atoms. The van der Waals surface area contributed by atoms with Crippen molar-refractivity contribution in [2.24, 2.45) is 0 Å². The third kappa shape index (κ3) is 1.58. The average molecular weight is 155 g/mol. The Kier molecular flexibility index (Phi) is 2.07. The number of benzene rings is 1. The zero-order valence-electron chi connectivity index (χ0n) is 5.60. The Labute approximate surface area is 64.6 Å². The molecule has 1 aromatic carbocycles. The molecule has 0 radical (unpaired) electrons. The summed E-state index contributed by atoms with van der Waals surface area (Å²) in [4.78, 5) is 10.3. The predicted octanol–water partition coefficient (Wildman–Crippen LogP) is 2.46. The van der Waals surface area contributed by atoms with Crippen LogP contribution in [-0.4, -0.2) is 6.29 Å². The summed E-state index contributed by atoms with van der Waals surface area (Å²) < 4.78 is 0. The highest BCUT2D eigenvalue weighted by Crippen LogP contribution is 2.12. The van der Waals surface area contributed by atoms with Crippen molar-refractivity contribution < 1.29 is 4.79 Å². The largest absolute Gasteiger partial charge is 0.298 e. The van der Waals surface area contributed by atoms with Gasteiger partial charge in [-0.1, -0.05) is 11.6 Å². The van der Waals surface area contributed by atoms with Crippen molar-refractivity contribution in [3.8, 4) is 0 Å². The Bertz CT molecular complexity index is 235. The first-order chi connectivity index (χ1) is 4.72. The predicted molar refractivity (Wildman–Crippen MR) is 41.6 cm³/mol. The van der Waals surface area contributed by atoms with Crippen LogP contribution in [0.5, 0.6) is 0 Å². The van der Waals surface area contributed by atoms with Crippen molar-refractivity contribution >= 4 is 17.9 Å². The summed E-state index contributed by atoms with van der Waals surface area (Å²) in [5, 5.41) is 0.613. The van der Waals surface area contributed by atoms with Gasteiger partial charge in [0.15, 0.2) is 0 Å². The number of carbonyl (C=O) groups is 1. The normalized spacial score (nSPS) is 9.40. The van der Waals surface area contributed by atoms with Crippen molar-refractivity contribution in [3.63, 3.8) is 0 Å². The summed E-state index contributed by atoms with van der Waals surface area (Å²) >= 11 is 5.67. The molecule has 1 aromatic rings. The van der Waals surface area contributed by atoms with Crippen molar-refractivity contribution in [3.05, 3.63) is 34.3 Å². The fourth-order valence-electron chi connectivity index (χ4n) is 0.833. The smallest absolute Gasteiger partial charge is 0.150 e. The topological polar surface area (TPSA) is 17.1 Å². The van der Waals surface area contributed by atoms with Crippen molar-refractivity contribution in [2.45, 2.75) is 6.92 Å². The second-order valence-corrected chi connectivity index (χ2v) is 2.62. The molecule has 0 fully saturated rings. The first-order valence-corrected chi connectivity index (χ1v) is 3.32. The van der Waals surface area contributed by atoms with E-state index in [9.17, 15) is 4.79 Å². The van der Waals surface area contributed by atoms with Gasteiger partial charge in [-0.2, -0.15) is 0 Å². The highest BCUT2D eigenvalue weighted by molar-refractivity contribution is 6.30. The number of carbonyl (C=O) groups excluding carboxylic acids is 1. The van der Waals surface area contributed by atoms with Gasteiger partial charge in [0.05, 0.1) is 0 Å². The lowest BCUT2D eigenvalue weighted by atomic mass is 10.2. The SMILES string of the molecule is Cc1cc(Cl)cc(C=O)c1. The van der Waals surface area contributed by atoms with E-state index >= 15 is 0 Å². The fourth-order valence-corrected chi connectivity index (χ4v) is 1.13. The lowest BCUT2D eigenvalue weighted by Crippen LogP contribution is -1.80. The van der Waals surface area contributed by atoms with E-state index in [0.717, 1.165) is 11.8 Å². The van der Waals surface area contributed by atoms with E-state index in [2.05, 4.69) is 0 Å². The van der Waals surface area contributed by atoms with Crippen LogP contribution in [0.2, 0.25) is 5.02 Å². The summed E-state index contributed by atoms with van der Waals surface area (Å²) in [6.45, 7) is 1.90. The molecule has 1 nitrogen and oxygen atoms in total. The first-order valence-electron chi connectivity index (χ1n) is 2.95. The molecular formula is C8H7ClO. The lowest BCUT2D eigenvalue weighted by molar-refractivity contribution is 0.112. The van der Waals surface area contributed by atoms with Gasteiger partial charge in [-0.25, -0.2) is 0 Å². The summed E-state index contributed by atoms with van der Waals surface area (Å²) in [6.07, 6.45) is 0.791. The molecule has 0 amide bonds. The highest BCUT2D eigenvalue weighted by atomic mass is 35.5. The first kappa shape index (κ1) is 7.29. The minimum Gasteiger partial charge on any atom is -0.298 e. The van der Waals surface area contributed by atoms with Gasteiger partial charge < -0.3 is 0 Å². The third-order valence-corrected chi connectivity index (χ3v) is 1.42. The maximum atomic E-state index is 10.3. The molecule has 2 heteroatoms. The zero-order valence-corrected chi connectivity index (χ0v) is 6.35. The molecule has 0 atom stereocenters. The van der Waals surface area contributed by atoms with E-state index in [1.807, 2.05) is 13.0 Å². The van der Waals surface area contributed by atoms with Crippen molar-refractivity contribution in [2.75, 3.05) is 0 Å². The molecule has 0 unspecified atom stereocenters. The maximum absolute atomic E-state index is 10.3. The Morgan fingerprint density at radius 3 is 2.60 bits per heavy atom. The van der Waals surface area contributed by atoms with Gasteiger partial charge >= 0.3 is 0 Å². The minimum absolute atomic E-state index is 0.613. The monoisotopic (exact) mass is 154 g/mol. The molecule has 0 aliphatic carbocycles. The molecule has 0 N–H and O–H groups in total. The number of halogens is 1. The summed E-state index contributed by atoms with van der Waals surface area (Å²) in [7, 11) is 0. The summed E-state index contributed by atoms with van der Waals surface area (Å²) in [5.74, 6) is 0. The van der Waals surface area contributed by atoms with E-state index < -0.39 is 0 Å². The van der Waals surface area contributed by atoms with Crippen LogP contribution in [-0.2, 0) is 0 Å². The molecule has 0 saturated carbocycles. The molecule has 0 spiro atoms. The van der Waals surface area contributed by atoms with E-state index in [1.54, 1.807) is 12.1 Å². The maximum Gasteiger partial charge on any atom is 0.150 e. The molecule has 0 saturated heterocycles. The van der Waals surface area contributed by atoms with Gasteiger partial charge in [-0.3, -0.25) is 4.79 Å². The molecule has 10 heavy (non-hydrogen) atoms. The van der Waals surface area contributed by atoms with Crippen molar-refractivity contribution in [1.29, 1.82) is 0 Å². The molecule has 0 heterocycles. The molecular weight excluding hydrogens is 148 g/mol. The van der Waals surface area contributed by atoms with E-state index in [0.29, 0.717) is 10.6 Å². The van der Waals surface area contributed by atoms with Crippen molar-refractivity contribution in [1.82, 2.24) is 0 Å². The fraction of sp³-hybridized carbons (Fsp3) is 0.125. The van der Waals surface area contributed by atoms with Crippen LogP contribution in [0, 0.1) is 6.92 Å². The average Bonchev–Trinajstić information content (AvgIpc) is 1.85. The van der Waals surface area contributed by atoms with Crippen LogP contribution in [0.1, 0.15) is 15.9 Å². The van der Waals surface area contributed by atoms with Gasteiger partial charge in [0.2, 0.25) is 0 Å². The quantitative estimate of drug-likeness (QED) is 0.568. The number of hydrogen-bond acceptors (Lipinski definition) is 1. The minimum atomic E-state index is 0.613. The van der Waals surface area contributed by atoms with Crippen LogP contribution in [0.3, 0.4) is 0 Å². The molecule has 52 valence electrons. The summed E-state index contributed by atoms with van der Waals surface area (Å²) in [5.41, 5.74) is 1.64. The third-order valence-electron chi connectivity index (χ3n) is 1.20. The molecule has 0 aliphatic rings. The number of aldehydes is 1. The van der Waals surface area contributed by atoms with Crippen LogP contribution in [0.4, 0.5) is 0 Å². The van der Waals surface area contributed by atoms with Gasteiger partial charge in [-0.15, -0.1) is 0 Å². The van der Waals surface area contributed by atoms with Crippen LogP contribution in [0.25, 0.3) is 0 Å².